The molecular weight excluding hydrogens is 408 g/mol. The van der Waals surface area contributed by atoms with Crippen LogP contribution in [0.2, 0.25) is 0 Å². The second-order valence-corrected chi connectivity index (χ2v) is 9.02. The normalized spacial score (nSPS) is 11.2. The summed E-state index contributed by atoms with van der Waals surface area (Å²) in [7, 11) is -3.81. The van der Waals surface area contributed by atoms with Crippen molar-refractivity contribution >= 4 is 27.0 Å². The van der Waals surface area contributed by atoms with Gasteiger partial charge in [0.1, 0.15) is 4.90 Å². The Labute approximate surface area is 171 Å². The number of benzene rings is 2. The highest BCUT2D eigenvalue weighted by atomic mass is 32.2. The molecule has 0 amide bonds. The lowest BCUT2D eigenvalue weighted by molar-refractivity contribution is 0.433. The number of rotatable bonds is 5. The monoisotopic (exact) mass is 422 g/mol. The Morgan fingerprint density at radius 1 is 1.10 bits per heavy atom. The van der Waals surface area contributed by atoms with Gasteiger partial charge in [-0.1, -0.05) is 35.5 Å². The average Bonchev–Trinajstić information content (AvgIpc) is 3.36. The van der Waals surface area contributed by atoms with E-state index < -0.39 is 10.0 Å². The maximum Gasteiger partial charge on any atom is 0.268 e. The molecule has 1 N–H and O–H groups in total. The number of anilines is 1. The smallest absolute Gasteiger partial charge is 0.268 e. The van der Waals surface area contributed by atoms with E-state index in [1.807, 2.05) is 36.4 Å². The van der Waals surface area contributed by atoms with Crippen molar-refractivity contribution in [3.63, 3.8) is 0 Å². The molecule has 0 unspecified atom stereocenters. The molecule has 4 aromatic rings. The molecule has 0 bridgehead atoms. The number of nitrogens with zero attached hydrogens (tertiary/aromatic N) is 3. The summed E-state index contributed by atoms with van der Waals surface area (Å²) < 4.78 is 33.5. The standard InChI is InChI=1S/C20H14N4O3S2/c1-13-18(29(25,26)24-16-9-7-14(12-21)8-10-16)11-17(28-13)20-22-19(23-27-20)15-5-3-2-4-6-15/h2-11,24H,1H3. The predicted octanol–water partition coefficient (Wildman–Crippen LogP) is 4.45. The van der Waals surface area contributed by atoms with E-state index >= 15 is 0 Å². The van der Waals surface area contributed by atoms with Crippen LogP contribution in [0.4, 0.5) is 5.69 Å². The number of hydrogen-bond donors (Lipinski definition) is 1. The molecule has 7 nitrogen and oxygen atoms in total. The fourth-order valence-electron chi connectivity index (χ4n) is 2.69. The molecule has 0 aliphatic carbocycles. The first-order chi connectivity index (χ1) is 14.0. The lowest BCUT2D eigenvalue weighted by atomic mass is 10.2. The predicted molar refractivity (Wildman–Crippen MR) is 110 cm³/mol. The van der Waals surface area contributed by atoms with Gasteiger partial charge in [0, 0.05) is 16.1 Å². The first-order valence-electron chi connectivity index (χ1n) is 8.49. The quantitative estimate of drug-likeness (QED) is 0.509. The summed E-state index contributed by atoms with van der Waals surface area (Å²) in [6.07, 6.45) is 0. The Hall–Kier alpha value is -3.48. The van der Waals surface area contributed by atoms with Crippen molar-refractivity contribution in [2.24, 2.45) is 0 Å². The van der Waals surface area contributed by atoms with Gasteiger partial charge in [-0.25, -0.2) is 8.42 Å². The van der Waals surface area contributed by atoms with Crippen LogP contribution < -0.4 is 4.72 Å². The van der Waals surface area contributed by atoms with Crippen LogP contribution in [0.3, 0.4) is 0 Å². The summed E-state index contributed by atoms with van der Waals surface area (Å²) in [5.41, 5.74) is 1.64. The number of sulfonamides is 1. The van der Waals surface area contributed by atoms with Gasteiger partial charge in [0.25, 0.3) is 15.9 Å². The summed E-state index contributed by atoms with van der Waals surface area (Å²) in [6.45, 7) is 1.72. The Morgan fingerprint density at radius 3 is 2.52 bits per heavy atom. The van der Waals surface area contributed by atoms with Crippen molar-refractivity contribution in [3.05, 3.63) is 71.1 Å². The van der Waals surface area contributed by atoms with Gasteiger partial charge < -0.3 is 4.52 Å². The van der Waals surface area contributed by atoms with Gasteiger partial charge in [-0.2, -0.15) is 10.2 Å². The fourth-order valence-corrected chi connectivity index (χ4v) is 5.26. The van der Waals surface area contributed by atoms with Gasteiger partial charge in [-0.05, 0) is 37.3 Å². The van der Waals surface area contributed by atoms with Crippen molar-refractivity contribution < 1.29 is 12.9 Å². The Morgan fingerprint density at radius 2 is 1.83 bits per heavy atom. The highest BCUT2D eigenvalue weighted by Crippen LogP contribution is 2.34. The Bertz CT molecular complexity index is 1300. The molecule has 2 heterocycles. The van der Waals surface area contributed by atoms with Crippen LogP contribution in [0.1, 0.15) is 10.4 Å². The number of nitriles is 1. The van der Waals surface area contributed by atoms with Crippen molar-refractivity contribution in [1.82, 2.24) is 10.1 Å². The van der Waals surface area contributed by atoms with Crippen molar-refractivity contribution in [2.75, 3.05) is 4.72 Å². The molecule has 0 saturated carbocycles. The summed E-state index contributed by atoms with van der Waals surface area (Å²) in [4.78, 5) is 5.68. The molecule has 0 spiro atoms. The first kappa shape index (κ1) is 18.9. The molecule has 0 aliphatic rings. The molecule has 2 aromatic carbocycles. The minimum Gasteiger partial charge on any atom is -0.333 e. The van der Waals surface area contributed by atoms with Gasteiger partial charge in [0.2, 0.25) is 5.82 Å². The molecule has 9 heteroatoms. The lowest BCUT2D eigenvalue weighted by Crippen LogP contribution is -2.13. The third-order valence-corrected chi connectivity index (χ3v) is 6.77. The zero-order chi connectivity index (χ0) is 20.4. The topological polar surface area (TPSA) is 109 Å². The van der Waals surface area contributed by atoms with Crippen molar-refractivity contribution in [3.8, 4) is 28.2 Å². The largest absolute Gasteiger partial charge is 0.333 e. The molecule has 0 radical (unpaired) electrons. The van der Waals surface area contributed by atoms with Crippen LogP contribution in [0, 0.1) is 18.3 Å². The van der Waals surface area contributed by atoms with E-state index in [-0.39, 0.29) is 10.8 Å². The zero-order valence-corrected chi connectivity index (χ0v) is 16.8. The van der Waals surface area contributed by atoms with Gasteiger partial charge in [-0.15, -0.1) is 11.3 Å². The molecule has 0 saturated heterocycles. The van der Waals surface area contributed by atoms with Crippen LogP contribution in [-0.2, 0) is 10.0 Å². The molecule has 4 rings (SSSR count). The van der Waals surface area contributed by atoms with Gasteiger partial charge in [0.05, 0.1) is 16.5 Å². The van der Waals surface area contributed by atoms with Gasteiger partial charge in [0.15, 0.2) is 0 Å². The van der Waals surface area contributed by atoms with E-state index in [4.69, 9.17) is 9.78 Å². The molecule has 144 valence electrons. The second-order valence-electron chi connectivity index (χ2n) is 6.11. The number of aromatic nitrogens is 2. The Kier molecular flexibility index (Phi) is 4.88. The molecule has 2 aromatic heterocycles. The minimum atomic E-state index is -3.81. The number of hydrogen-bond acceptors (Lipinski definition) is 7. The van der Waals surface area contributed by atoms with Crippen molar-refractivity contribution in [1.29, 1.82) is 5.26 Å². The maximum absolute atomic E-state index is 12.8. The van der Waals surface area contributed by atoms with Crippen LogP contribution in [0.5, 0.6) is 0 Å². The second kappa shape index (κ2) is 7.50. The number of nitrogens with one attached hydrogen (secondary N) is 1. The van der Waals surface area contributed by atoms with Crippen LogP contribution in [0.15, 0.2) is 70.1 Å². The molecule has 29 heavy (non-hydrogen) atoms. The van der Waals surface area contributed by atoms with Crippen LogP contribution in [-0.4, -0.2) is 18.6 Å². The molecule has 0 atom stereocenters. The molecule has 0 fully saturated rings. The highest BCUT2D eigenvalue weighted by molar-refractivity contribution is 7.93. The Balaban J connectivity index is 1.62. The molecule has 0 aliphatic heterocycles. The highest BCUT2D eigenvalue weighted by Gasteiger charge is 2.23. The van der Waals surface area contributed by atoms with Gasteiger partial charge >= 0.3 is 0 Å². The minimum absolute atomic E-state index is 0.140. The summed E-state index contributed by atoms with van der Waals surface area (Å²) in [5, 5.41) is 12.8. The number of aryl methyl sites for hydroxylation is 1. The zero-order valence-electron chi connectivity index (χ0n) is 15.2. The van der Waals surface area contributed by atoms with Gasteiger partial charge in [-0.3, -0.25) is 4.72 Å². The number of thiophene rings is 1. The van der Waals surface area contributed by atoms with Crippen LogP contribution in [0.25, 0.3) is 22.2 Å². The SMILES string of the molecule is Cc1sc(-c2nc(-c3ccccc3)no2)cc1S(=O)(=O)Nc1ccc(C#N)cc1. The van der Waals surface area contributed by atoms with Crippen LogP contribution >= 0.6 is 11.3 Å². The maximum atomic E-state index is 12.8. The first-order valence-corrected chi connectivity index (χ1v) is 10.8. The lowest BCUT2D eigenvalue weighted by Gasteiger charge is -2.07. The summed E-state index contributed by atoms with van der Waals surface area (Å²) >= 11 is 1.26. The van der Waals surface area contributed by atoms with E-state index in [1.54, 1.807) is 31.2 Å². The average molecular weight is 422 g/mol. The van der Waals surface area contributed by atoms with E-state index in [0.29, 0.717) is 26.8 Å². The van der Waals surface area contributed by atoms with E-state index in [1.165, 1.54) is 17.4 Å². The van der Waals surface area contributed by atoms with E-state index in [0.717, 1.165) is 5.56 Å². The van der Waals surface area contributed by atoms with E-state index in [2.05, 4.69) is 14.9 Å². The fraction of sp³-hybridized carbons (Fsp3) is 0.0500. The summed E-state index contributed by atoms with van der Waals surface area (Å²) in [6, 6.07) is 19.1. The third kappa shape index (κ3) is 3.89. The summed E-state index contributed by atoms with van der Waals surface area (Å²) in [5.74, 6) is 0.698. The molecular formula is C20H14N4O3S2. The van der Waals surface area contributed by atoms with E-state index in [9.17, 15) is 8.42 Å². The van der Waals surface area contributed by atoms with Crippen molar-refractivity contribution in [2.45, 2.75) is 11.8 Å². The third-order valence-electron chi connectivity index (χ3n) is 4.10.